The molecule has 92 valence electrons. The van der Waals surface area contributed by atoms with Crippen LogP contribution in [0.15, 0.2) is 15.5 Å². The molecule has 4 nitrogen and oxygen atoms in total. The summed E-state index contributed by atoms with van der Waals surface area (Å²) < 4.78 is 27.1. The third kappa shape index (κ3) is 2.97. The molecule has 1 N–H and O–H groups in total. The summed E-state index contributed by atoms with van der Waals surface area (Å²) in [5, 5.41) is 19.5. The lowest BCUT2D eigenvalue weighted by Crippen LogP contribution is -2.12. The van der Waals surface area contributed by atoms with Gasteiger partial charge in [-0.05, 0) is 28.3 Å². The van der Waals surface area contributed by atoms with Gasteiger partial charge in [-0.2, -0.15) is 10.5 Å². The van der Waals surface area contributed by atoms with E-state index in [9.17, 15) is 8.78 Å². The van der Waals surface area contributed by atoms with Crippen molar-refractivity contribution in [2.45, 2.75) is 0 Å². The van der Waals surface area contributed by atoms with Gasteiger partial charge in [0.1, 0.15) is 23.1 Å². The topological polar surface area (TPSA) is 72.0 Å². The standard InChI is InChI=1S/C10H5BrF2N4S/c1-18-10(16-4-15)17-9-6(11)2-7(12)5(3-14)8(9)13/h2H,1H3,(H,16,17). The monoisotopic (exact) mass is 330 g/mol. The molecular weight excluding hydrogens is 326 g/mol. The van der Waals surface area contributed by atoms with Gasteiger partial charge in [-0.25, -0.2) is 13.8 Å². The van der Waals surface area contributed by atoms with Crippen LogP contribution in [0.25, 0.3) is 0 Å². The molecular formula is C10H5BrF2N4S. The number of hydrogen-bond acceptors (Lipinski definition) is 4. The van der Waals surface area contributed by atoms with Gasteiger partial charge in [0.05, 0.1) is 0 Å². The summed E-state index contributed by atoms with van der Waals surface area (Å²) in [4.78, 5) is 3.82. The van der Waals surface area contributed by atoms with Gasteiger partial charge < -0.3 is 0 Å². The maximum atomic E-state index is 13.8. The molecule has 0 amide bonds. The highest BCUT2D eigenvalue weighted by molar-refractivity contribution is 9.10. The van der Waals surface area contributed by atoms with Crippen LogP contribution in [0, 0.1) is 34.4 Å². The average molecular weight is 331 g/mol. The largest absolute Gasteiger partial charge is 0.271 e. The highest BCUT2D eigenvalue weighted by Gasteiger charge is 2.17. The zero-order chi connectivity index (χ0) is 13.7. The van der Waals surface area contributed by atoms with Crippen LogP contribution in [0.4, 0.5) is 14.5 Å². The lowest BCUT2D eigenvalue weighted by Gasteiger charge is -2.05. The smallest absolute Gasteiger partial charge is 0.183 e. The van der Waals surface area contributed by atoms with Crippen molar-refractivity contribution in [3.63, 3.8) is 0 Å². The van der Waals surface area contributed by atoms with E-state index in [0.717, 1.165) is 17.8 Å². The molecule has 8 heteroatoms. The minimum Gasteiger partial charge on any atom is -0.271 e. The van der Waals surface area contributed by atoms with Crippen molar-refractivity contribution in [1.29, 1.82) is 10.5 Å². The maximum absolute atomic E-state index is 13.8. The molecule has 0 aliphatic rings. The summed E-state index contributed by atoms with van der Waals surface area (Å²) in [6, 6.07) is 2.37. The summed E-state index contributed by atoms with van der Waals surface area (Å²) in [5.41, 5.74) is -0.950. The van der Waals surface area contributed by atoms with E-state index < -0.39 is 17.2 Å². The van der Waals surface area contributed by atoms with Crippen LogP contribution in [0.1, 0.15) is 5.56 Å². The number of rotatable bonds is 1. The van der Waals surface area contributed by atoms with Crippen molar-refractivity contribution in [1.82, 2.24) is 5.32 Å². The fourth-order valence-corrected chi connectivity index (χ4v) is 1.85. The molecule has 0 aliphatic carbocycles. The first-order valence-electron chi connectivity index (χ1n) is 4.40. The molecule has 0 aromatic heterocycles. The molecule has 0 bridgehead atoms. The lowest BCUT2D eigenvalue weighted by molar-refractivity contribution is 0.577. The Labute approximate surface area is 114 Å². The van der Waals surface area contributed by atoms with Crippen molar-refractivity contribution < 1.29 is 8.78 Å². The van der Waals surface area contributed by atoms with E-state index in [0.29, 0.717) is 0 Å². The Morgan fingerprint density at radius 1 is 1.50 bits per heavy atom. The first-order chi connectivity index (χ1) is 8.54. The Morgan fingerprint density at radius 2 is 2.17 bits per heavy atom. The van der Waals surface area contributed by atoms with Gasteiger partial charge in [0, 0.05) is 4.47 Å². The van der Waals surface area contributed by atoms with E-state index in [1.807, 2.05) is 0 Å². The van der Waals surface area contributed by atoms with Gasteiger partial charge in [0.15, 0.2) is 17.2 Å². The van der Waals surface area contributed by atoms with Crippen LogP contribution in [0.3, 0.4) is 0 Å². The quantitative estimate of drug-likeness (QED) is 0.372. The van der Waals surface area contributed by atoms with E-state index in [1.165, 1.54) is 6.07 Å². The van der Waals surface area contributed by atoms with Crippen molar-refractivity contribution in [3.05, 3.63) is 27.7 Å². The molecule has 1 rings (SSSR count). The van der Waals surface area contributed by atoms with Gasteiger partial charge in [0.2, 0.25) is 0 Å². The Morgan fingerprint density at radius 3 is 2.67 bits per heavy atom. The van der Waals surface area contributed by atoms with E-state index in [-0.39, 0.29) is 15.3 Å². The van der Waals surface area contributed by atoms with Gasteiger partial charge in [0.25, 0.3) is 0 Å². The molecule has 0 aliphatic heterocycles. The van der Waals surface area contributed by atoms with Crippen LogP contribution < -0.4 is 5.32 Å². The van der Waals surface area contributed by atoms with Crippen molar-refractivity contribution in [3.8, 4) is 12.3 Å². The van der Waals surface area contributed by atoms with Gasteiger partial charge in [-0.1, -0.05) is 11.8 Å². The van der Waals surface area contributed by atoms with Gasteiger partial charge in [-0.15, -0.1) is 0 Å². The molecule has 0 saturated carbocycles. The summed E-state index contributed by atoms with van der Waals surface area (Å²) in [6.07, 6.45) is 3.27. The number of halogens is 3. The first kappa shape index (κ1) is 14.4. The van der Waals surface area contributed by atoms with E-state index >= 15 is 0 Å². The van der Waals surface area contributed by atoms with Crippen LogP contribution in [0.5, 0.6) is 0 Å². The van der Waals surface area contributed by atoms with Crippen molar-refractivity contribution in [2.24, 2.45) is 4.99 Å². The lowest BCUT2D eigenvalue weighted by atomic mass is 10.2. The molecule has 0 radical (unpaired) electrons. The number of nitrogens with one attached hydrogen (secondary N) is 1. The molecule has 1 aromatic carbocycles. The average Bonchev–Trinajstić information content (AvgIpc) is 2.33. The van der Waals surface area contributed by atoms with Gasteiger partial charge >= 0.3 is 0 Å². The summed E-state index contributed by atoms with van der Waals surface area (Å²) in [6.45, 7) is 0. The predicted octanol–water partition coefficient (Wildman–Crippen LogP) is 3.02. The van der Waals surface area contributed by atoms with Crippen LogP contribution in [-0.4, -0.2) is 11.4 Å². The minimum absolute atomic E-state index is 0.0581. The number of nitriles is 2. The summed E-state index contributed by atoms with van der Waals surface area (Å²) in [7, 11) is 0. The Hall–Kier alpha value is -1.64. The number of thioether (sulfide) groups is 1. The van der Waals surface area contributed by atoms with Crippen molar-refractivity contribution in [2.75, 3.05) is 6.26 Å². The maximum Gasteiger partial charge on any atom is 0.183 e. The highest BCUT2D eigenvalue weighted by atomic mass is 79.9. The van der Waals surface area contributed by atoms with Crippen molar-refractivity contribution >= 4 is 38.5 Å². The molecule has 0 unspecified atom stereocenters. The molecule has 1 aromatic rings. The minimum atomic E-state index is -1.07. The zero-order valence-corrected chi connectivity index (χ0v) is 11.4. The number of amidine groups is 1. The predicted molar refractivity (Wildman–Crippen MR) is 68.1 cm³/mol. The third-order valence-corrected chi connectivity index (χ3v) is 3.01. The molecule has 18 heavy (non-hydrogen) atoms. The molecule has 0 spiro atoms. The van der Waals surface area contributed by atoms with Crippen LogP contribution >= 0.6 is 27.7 Å². The Balaban J connectivity index is 3.43. The molecule has 0 heterocycles. The SMILES string of the molecule is CSC(=Nc1c(Br)cc(F)c(C#N)c1F)NC#N. The van der Waals surface area contributed by atoms with Crippen LogP contribution in [0.2, 0.25) is 0 Å². The first-order valence-corrected chi connectivity index (χ1v) is 6.42. The Kier molecular flexibility index (Phi) is 5.08. The van der Waals surface area contributed by atoms with Crippen LogP contribution in [-0.2, 0) is 0 Å². The number of hydrogen-bond donors (Lipinski definition) is 1. The number of nitrogens with zero attached hydrogens (tertiary/aromatic N) is 3. The number of benzene rings is 1. The normalized spacial score (nSPS) is 10.7. The zero-order valence-electron chi connectivity index (χ0n) is 8.96. The highest BCUT2D eigenvalue weighted by Crippen LogP contribution is 2.32. The molecule has 0 saturated heterocycles. The second-order valence-corrected chi connectivity index (χ2v) is 4.50. The number of aliphatic imine (C=N–C) groups is 1. The third-order valence-electron chi connectivity index (χ3n) is 1.83. The van der Waals surface area contributed by atoms with E-state index in [2.05, 4.69) is 26.2 Å². The van der Waals surface area contributed by atoms with E-state index in [1.54, 1.807) is 12.4 Å². The summed E-state index contributed by atoms with van der Waals surface area (Å²) in [5.74, 6) is -2.05. The summed E-state index contributed by atoms with van der Waals surface area (Å²) >= 11 is 4.03. The fourth-order valence-electron chi connectivity index (χ4n) is 1.06. The second kappa shape index (κ2) is 6.34. The fraction of sp³-hybridized carbons (Fsp3) is 0.100. The molecule has 0 fully saturated rings. The van der Waals surface area contributed by atoms with Gasteiger partial charge in [-0.3, -0.25) is 5.32 Å². The Bertz CT molecular complexity index is 589. The van der Waals surface area contributed by atoms with E-state index in [4.69, 9.17) is 10.5 Å². The molecule has 0 atom stereocenters. The second-order valence-electron chi connectivity index (χ2n) is 2.85.